The first-order chi connectivity index (χ1) is 18.1. The molecule has 1 atom stereocenters. The number of hydrogen-bond acceptors (Lipinski definition) is 6. The maximum absolute atomic E-state index is 13.4. The number of nitrogens with two attached hydrogens (primary N) is 1. The SMILES string of the molecule is C=CCNC(=S)NC1=C(C#N)C(c2ccc(Cl)cc2Cl)C2=C(CCCC2=O)N1c1ccc(S(N)(=O)=O)cc1. The van der Waals surface area contributed by atoms with Crippen molar-refractivity contribution in [2.45, 2.75) is 30.1 Å². The number of hydrogen-bond donors (Lipinski definition) is 3. The summed E-state index contributed by atoms with van der Waals surface area (Å²) in [5.41, 5.74) is 2.39. The van der Waals surface area contributed by atoms with Gasteiger partial charge in [0, 0.05) is 40.0 Å². The highest BCUT2D eigenvalue weighted by Crippen LogP contribution is 2.48. The van der Waals surface area contributed by atoms with Gasteiger partial charge in [0.15, 0.2) is 10.9 Å². The van der Waals surface area contributed by atoms with Gasteiger partial charge >= 0.3 is 0 Å². The van der Waals surface area contributed by atoms with Crippen molar-refractivity contribution in [1.29, 1.82) is 5.26 Å². The Hall–Kier alpha value is -3.20. The molecule has 4 N–H and O–H groups in total. The molecule has 1 unspecified atom stereocenters. The zero-order valence-corrected chi connectivity index (χ0v) is 23.1. The number of allylic oxidation sites excluding steroid dienone is 3. The average Bonchev–Trinajstić information content (AvgIpc) is 2.87. The number of thiocarbonyl (C=S) groups is 1. The molecule has 0 aromatic heterocycles. The molecule has 0 radical (unpaired) electrons. The van der Waals surface area contributed by atoms with Crippen LogP contribution >= 0.6 is 35.4 Å². The summed E-state index contributed by atoms with van der Waals surface area (Å²) < 4.78 is 23.7. The molecule has 0 fully saturated rings. The lowest BCUT2D eigenvalue weighted by Crippen LogP contribution is -2.45. The lowest BCUT2D eigenvalue weighted by Gasteiger charge is -2.41. The number of nitrogens with zero attached hydrogens (tertiary/aromatic N) is 2. The van der Waals surface area contributed by atoms with Crippen LogP contribution in [0, 0.1) is 11.3 Å². The van der Waals surface area contributed by atoms with Gasteiger partial charge in [0.2, 0.25) is 10.0 Å². The molecule has 2 aromatic rings. The Morgan fingerprint density at radius 1 is 1.24 bits per heavy atom. The number of benzene rings is 2. The highest BCUT2D eigenvalue weighted by Gasteiger charge is 2.42. The predicted molar refractivity (Wildman–Crippen MR) is 152 cm³/mol. The van der Waals surface area contributed by atoms with Crippen molar-refractivity contribution in [1.82, 2.24) is 10.6 Å². The Bertz CT molecular complexity index is 1540. The molecule has 38 heavy (non-hydrogen) atoms. The maximum atomic E-state index is 13.4. The molecule has 12 heteroatoms. The second kappa shape index (κ2) is 11.3. The van der Waals surface area contributed by atoms with Gasteiger partial charge in [-0.25, -0.2) is 13.6 Å². The van der Waals surface area contributed by atoms with E-state index in [0.717, 1.165) is 0 Å². The first-order valence-corrected chi connectivity index (χ1v) is 14.2. The van der Waals surface area contributed by atoms with Crippen molar-refractivity contribution < 1.29 is 13.2 Å². The van der Waals surface area contributed by atoms with Crippen molar-refractivity contribution in [3.63, 3.8) is 0 Å². The molecule has 0 saturated carbocycles. The third-order valence-corrected chi connectivity index (χ3v) is 7.95. The van der Waals surface area contributed by atoms with E-state index in [9.17, 15) is 18.5 Å². The highest BCUT2D eigenvalue weighted by molar-refractivity contribution is 7.89. The van der Waals surface area contributed by atoms with E-state index >= 15 is 0 Å². The summed E-state index contributed by atoms with van der Waals surface area (Å²) in [7, 11) is -3.92. The fraction of sp³-hybridized carbons (Fsp3) is 0.192. The molecule has 0 bridgehead atoms. The van der Waals surface area contributed by atoms with Crippen molar-refractivity contribution in [3.8, 4) is 6.07 Å². The number of anilines is 1. The molecule has 1 heterocycles. The van der Waals surface area contributed by atoms with Crippen LogP contribution in [0.3, 0.4) is 0 Å². The first-order valence-electron chi connectivity index (χ1n) is 11.5. The second-order valence-electron chi connectivity index (χ2n) is 8.61. The molecular formula is C26H23Cl2N5O3S2. The van der Waals surface area contributed by atoms with Crippen molar-refractivity contribution in [3.05, 3.63) is 93.4 Å². The largest absolute Gasteiger partial charge is 0.359 e. The van der Waals surface area contributed by atoms with Gasteiger partial charge in [0.05, 0.1) is 22.5 Å². The van der Waals surface area contributed by atoms with Gasteiger partial charge < -0.3 is 10.6 Å². The van der Waals surface area contributed by atoms with Crippen molar-refractivity contribution in [2.24, 2.45) is 5.14 Å². The van der Waals surface area contributed by atoms with E-state index in [1.807, 2.05) is 0 Å². The zero-order chi connectivity index (χ0) is 27.6. The Morgan fingerprint density at radius 3 is 2.55 bits per heavy atom. The number of rotatable bonds is 6. The number of Topliss-reactive ketones (excluding diaryl/α,β-unsaturated/α-hetero) is 1. The van der Waals surface area contributed by atoms with Crippen LogP contribution in [0.15, 0.2) is 82.7 Å². The molecule has 1 aliphatic carbocycles. The number of carbonyl (C=O) groups excluding carboxylic acids is 1. The van der Waals surface area contributed by atoms with Gasteiger partial charge in [0.25, 0.3) is 0 Å². The third kappa shape index (κ3) is 5.48. The summed E-state index contributed by atoms with van der Waals surface area (Å²) in [6.45, 7) is 4.06. The zero-order valence-electron chi connectivity index (χ0n) is 20.0. The second-order valence-corrected chi connectivity index (χ2v) is 11.4. The number of nitrogens with one attached hydrogen (secondary N) is 2. The minimum absolute atomic E-state index is 0.0693. The Morgan fingerprint density at radius 2 is 1.95 bits per heavy atom. The number of halogens is 2. The van der Waals surface area contributed by atoms with Crippen LogP contribution in [0.2, 0.25) is 10.0 Å². The topological polar surface area (TPSA) is 128 Å². The van der Waals surface area contributed by atoms with Gasteiger partial charge in [-0.2, -0.15) is 5.26 Å². The Kier molecular flexibility index (Phi) is 8.25. The van der Waals surface area contributed by atoms with Crippen LogP contribution in [0.5, 0.6) is 0 Å². The van der Waals surface area contributed by atoms with Crippen LogP contribution in [-0.4, -0.2) is 25.9 Å². The number of ketones is 1. The van der Waals surface area contributed by atoms with Crippen LogP contribution < -0.4 is 20.7 Å². The maximum Gasteiger partial charge on any atom is 0.238 e. The minimum Gasteiger partial charge on any atom is -0.359 e. The fourth-order valence-electron chi connectivity index (χ4n) is 4.62. The average molecular weight is 589 g/mol. The van der Waals surface area contributed by atoms with E-state index in [4.69, 9.17) is 40.6 Å². The fourth-order valence-corrected chi connectivity index (χ4v) is 5.83. The summed E-state index contributed by atoms with van der Waals surface area (Å²) in [6.07, 6.45) is 3.07. The molecular weight excluding hydrogens is 565 g/mol. The van der Waals surface area contributed by atoms with E-state index in [0.29, 0.717) is 64.2 Å². The van der Waals surface area contributed by atoms with Gasteiger partial charge in [-0.15, -0.1) is 6.58 Å². The van der Waals surface area contributed by atoms with Gasteiger partial charge in [-0.1, -0.05) is 35.3 Å². The Labute approximate surface area is 236 Å². The summed E-state index contributed by atoms with van der Waals surface area (Å²) in [5, 5.41) is 22.8. The van der Waals surface area contributed by atoms with Crippen LogP contribution in [0.25, 0.3) is 0 Å². The van der Waals surface area contributed by atoms with Crippen LogP contribution in [0.4, 0.5) is 5.69 Å². The molecule has 8 nitrogen and oxygen atoms in total. The first kappa shape index (κ1) is 27.8. The lowest BCUT2D eigenvalue weighted by atomic mass is 9.75. The van der Waals surface area contributed by atoms with Gasteiger partial charge in [0.1, 0.15) is 5.82 Å². The number of sulfonamides is 1. The highest BCUT2D eigenvalue weighted by atomic mass is 35.5. The number of primary sulfonamides is 1. The van der Waals surface area contributed by atoms with E-state index in [2.05, 4.69) is 23.3 Å². The molecule has 0 saturated heterocycles. The monoisotopic (exact) mass is 587 g/mol. The lowest BCUT2D eigenvalue weighted by molar-refractivity contribution is -0.116. The molecule has 0 spiro atoms. The van der Waals surface area contributed by atoms with Crippen molar-refractivity contribution >= 4 is 62.0 Å². The van der Waals surface area contributed by atoms with E-state index in [1.54, 1.807) is 41.3 Å². The van der Waals surface area contributed by atoms with E-state index in [1.165, 1.54) is 12.1 Å². The summed E-state index contributed by atoms with van der Waals surface area (Å²) in [4.78, 5) is 15.1. The predicted octanol–water partition coefficient (Wildman–Crippen LogP) is 4.64. The number of carbonyl (C=O) groups is 1. The van der Waals surface area contributed by atoms with E-state index in [-0.39, 0.29) is 21.4 Å². The standard InChI is InChI=1S/C26H23Cl2N5O3S2/c1-2-12-31-26(37)32-25-19(14-29)23(18-11-6-15(27)13-20(18)28)24-21(4-3-5-22(24)34)33(25)16-7-9-17(10-8-16)38(30,35)36/h2,6-11,13,23H,1,3-5,12H2,(H2,30,35,36)(H2,31,32,37). The summed E-state index contributed by atoms with van der Waals surface area (Å²) >= 11 is 18.2. The van der Waals surface area contributed by atoms with E-state index < -0.39 is 15.9 Å². The molecule has 0 amide bonds. The smallest absolute Gasteiger partial charge is 0.238 e. The summed E-state index contributed by atoms with van der Waals surface area (Å²) in [6, 6.07) is 13.1. The van der Waals surface area contributed by atoms with Gasteiger partial charge in [-0.3, -0.25) is 9.69 Å². The quantitative estimate of drug-likeness (QED) is 0.329. The molecule has 196 valence electrons. The van der Waals surface area contributed by atoms with Gasteiger partial charge in [-0.05, 0) is 67.0 Å². The Balaban J connectivity index is 1.99. The van der Waals surface area contributed by atoms with Crippen LogP contribution in [0.1, 0.15) is 30.7 Å². The molecule has 2 aliphatic rings. The molecule has 2 aromatic carbocycles. The minimum atomic E-state index is -3.92. The summed E-state index contributed by atoms with van der Waals surface area (Å²) in [5.74, 6) is -0.549. The number of nitriles is 1. The van der Waals surface area contributed by atoms with Crippen molar-refractivity contribution in [2.75, 3.05) is 11.4 Å². The third-order valence-electron chi connectivity index (χ3n) is 6.21. The van der Waals surface area contributed by atoms with Crippen LogP contribution in [-0.2, 0) is 14.8 Å². The normalized spacial score (nSPS) is 17.6. The molecule has 4 rings (SSSR count). The molecule has 1 aliphatic heterocycles.